The summed E-state index contributed by atoms with van der Waals surface area (Å²) >= 11 is 7.87. The minimum atomic E-state index is -1.05. The number of anilines is 1. The zero-order chi connectivity index (χ0) is 16.7. The molecular weight excluding hydrogens is 340 g/mol. The molecule has 2 heterocycles. The van der Waals surface area contributed by atoms with Crippen molar-refractivity contribution in [2.45, 2.75) is 25.1 Å². The van der Waals surface area contributed by atoms with Crippen LogP contribution in [0, 0.1) is 0 Å². The van der Waals surface area contributed by atoms with E-state index in [2.05, 4.69) is 28.5 Å². The van der Waals surface area contributed by atoms with Gasteiger partial charge in [0.15, 0.2) is 6.04 Å². The fourth-order valence-corrected chi connectivity index (χ4v) is 5.03. The van der Waals surface area contributed by atoms with Crippen LogP contribution >= 0.6 is 23.4 Å². The van der Waals surface area contributed by atoms with E-state index in [1.807, 2.05) is 54.2 Å². The van der Waals surface area contributed by atoms with Gasteiger partial charge in [-0.25, -0.2) is 9.48 Å². The van der Waals surface area contributed by atoms with Crippen molar-refractivity contribution in [3.63, 3.8) is 0 Å². The molecule has 0 spiro atoms. The molecule has 5 heteroatoms. The second-order valence-electron chi connectivity index (χ2n) is 6.25. The molecule has 0 saturated heterocycles. The lowest BCUT2D eigenvalue weighted by Crippen LogP contribution is -2.47. The van der Waals surface area contributed by atoms with Crippen LogP contribution in [0.5, 0.6) is 0 Å². The largest absolute Gasteiger partial charge is 0.346 e. The molecule has 2 aromatic rings. The number of nitrogens with zero attached hydrogens (tertiary/aromatic N) is 2. The van der Waals surface area contributed by atoms with Crippen LogP contribution in [0.4, 0.5) is 5.69 Å². The van der Waals surface area contributed by atoms with Gasteiger partial charge in [-0.1, -0.05) is 41.9 Å². The topological polar surface area (TPSA) is 26.5 Å². The highest BCUT2D eigenvalue weighted by Gasteiger charge is 2.59. The van der Waals surface area contributed by atoms with Crippen LogP contribution in [0.2, 0.25) is 5.02 Å². The zero-order valence-corrected chi connectivity index (χ0v) is 15.1. The summed E-state index contributed by atoms with van der Waals surface area (Å²) in [6.45, 7) is 2.95. The normalized spacial score (nSPS) is 26.6. The van der Waals surface area contributed by atoms with Crippen molar-refractivity contribution in [2.24, 2.45) is 0 Å². The average molecular weight is 360 g/mol. The number of hydrogen-bond donors (Lipinski definition) is 1. The molecule has 0 fully saturated rings. The summed E-state index contributed by atoms with van der Waals surface area (Å²) in [5, 5.41) is 13.6. The van der Waals surface area contributed by atoms with Gasteiger partial charge >= 0.3 is 5.17 Å². The Morgan fingerprint density at radius 3 is 2.58 bits per heavy atom. The van der Waals surface area contributed by atoms with E-state index in [9.17, 15) is 5.11 Å². The number of aliphatic hydroxyl groups is 1. The Morgan fingerprint density at radius 2 is 1.88 bits per heavy atom. The Hall–Kier alpha value is -1.49. The van der Waals surface area contributed by atoms with Crippen LogP contribution in [0.1, 0.15) is 18.9 Å². The van der Waals surface area contributed by atoms with Gasteiger partial charge in [-0.15, -0.1) is 0 Å². The number of halogens is 1. The molecule has 2 aliphatic heterocycles. The minimum absolute atomic E-state index is 0.0957. The molecule has 0 bridgehead atoms. The number of rotatable bonds is 2. The van der Waals surface area contributed by atoms with E-state index in [1.165, 1.54) is 0 Å². The smallest absolute Gasteiger partial charge is 0.316 e. The fourth-order valence-electron chi connectivity index (χ4n) is 3.66. The molecule has 124 valence electrons. The monoisotopic (exact) mass is 359 g/mol. The maximum Gasteiger partial charge on any atom is 0.316 e. The minimum Gasteiger partial charge on any atom is -0.346 e. The Labute approximate surface area is 151 Å². The highest BCUT2D eigenvalue weighted by Crippen LogP contribution is 2.42. The first kappa shape index (κ1) is 16.0. The van der Waals surface area contributed by atoms with Gasteiger partial charge in [-0.05, 0) is 49.4 Å². The second-order valence-corrected chi connectivity index (χ2v) is 7.75. The third kappa shape index (κ3) is 2.36. The lowest BCUT2D eigenvalue weighted by atomic mass is 9.95. The van der Waals surface area contributed by atoms with Gasteiger partial charge in [0.2, 0.25) is 0 Å². The quantitative estimate of drug-likeness (QED) is 0.824. The van der Waals surface area contributed by atoms with Crippen molar-refractivity contribution in [3.8, 4) is 0 Å². The Kier molecular flexibility index (Phi) is 4.07. The molecule has 0 unspecified atom stereocenters. The summed E-state index contributed by atoms with van der Waals surface area (Å²) in [7, 11) is 0. The van der Waals surface area contributed by atoms with E-state index in [4.69, 9.17) is 11.6 Å². The van der Waals surface area contributed by atoms with Gasteiger partial charge < -0.3 is 5.11 Å². The van der Waals surface area contributed by atoms with Gasteiger partial charge in [0, 0.05) is 16.3 Å². The lowest BCUT2D eigenvalue weighted by molar-refractivity contribution is -0.662. The van der Waals surface area contributed by atoms with Crippen LogP contribution in [-0.2, 0) is 5.72 Å². The molecule has 2 atom stereocenters. The van der Waals surface area contributed by atoms with Gasteiger partial charge in [0.25, 0.3) is 5.72 Å². The number of hydrogen-bond acceptors (Lipinski definition) is 3. The van der Waals surface area contributed by atoms with E-state index in [0.717, 1.165) is 35.1 Å². The molecular formula is C19H20ClN2OS+. The summed E-state index contributed by atoms with van der Waals surface area (Å²) in [6.07, 6.45) is 1.07. The van der Waals surface area contributed by atoms with E-state index < -0.39 is 5.72 Å². The first-order valence-electron chi connectivity index (χ1n) is 8.22. The van der Waals surface area contributed by atoms with Crippen molar-refractivity contribution < 1.29 is 9.68 Å². The zero-order valence-electron chi connectivity index (χ0n) is 13.5. The first-order chi connectivity index (χ1) is 11.6. The predicted octanol–water partition coefficient (Wildman–Crippen LogP) is 3.90. The molecule has 0 radical (unpaired) electrons. The van der Waals surface area contributed by atoms with Gasteiger partial charge in [0.05, 0.1) is 6.54 Å². The van der Waals surface area contributed by atoms with Crippen molar-refractivity contribution >= 4 is 34.2 Å². The summed E-state index contributed by atoms with van der Waals surface area (Å²) in [6, 6.07) is 17.8. The van der Waals surface area contributed by atoms with Crippen LogP contribution in [0.25, 0.3) is 0 Å². The van der Waals surface area contributed by atoms with Gasteiger partial charge in [-0.2, -0.15) is 0 Å². The van der Waals surface area contributed by atoms with Crippen molar-refractivity contribution in [3.05, 3.63) is 65.2 Å². The number of para-hydroxylation sites is 1. The van der Waals surface area contributed by atoms with E-state index in [-0.39, 0.29) is 6.04 Å². The molecule has 4 rings (SSSR count). The highest BCUT2D eigenvalue weighted by molar-refractivity contribution is 8.14. The molecule has 24 heavy (non-hydrogen) atoms. The van der Waals surface area contributed by atoms with Crippen LogP contribution in [-0.4, -0.2) is 33.2 Å². The maximum atomic E-state index is 11.8. The maximum absolute atomic E-state index is 11.8. The molecule has 0 amide bonds. The summed E-state index contributed by atoms with van der Waals surface area (Å²) in [5.41, 5.74) is 0.950. The third-order valence-electron chi connectivity index (χ3n) is 4.88. The Morgan fingerprint density at radius 1 is 1.17 bits per heavy atom. The molecule has 0 saturated carbocycles. The molecule has 0 aliphatic carbocycles. The van der Waals surface area contributed by atoms with Crippen LogP contribution in [0.3, 0.4) is 0 Å². The van der Waals surface area contributed by atoms with Crippen molar-refractivity contribution in [1.82, 2.24) is 0 Å². The number of thioether (sulfide) groups is 1. The SMILES string of the molecule is C[C@@H]1N(c2ccccc2)C2=[N+](CCCS2)[C@@]1(O)c1ccc(Cl)cc1. The van der Waals surface area contributed by atoms with Gasteiger partial charge in [-0.3, -0.25) is 0 Å². The first-order valence-corrected chi connectivity index (χ1v) is 9.59. The molecule has 2 aromatic carbocycles. The Balaban J connectivity index is 1.86. The third-order valence-corrected chi connectivity index (χ3v) is 6.30. The average Bonchev–Trinajstić information content (AvgIpc) is 2.85. The molecule has 1 N–H and O–H groups in total. The fraction of sp³-hybridized carbons (Fsp3) is 0.316. The Bertz CT molecular complexity index is 778. The summed E-state index contributed by atoms with van der Waals surface area (Å²) in [5.74, 6) is 1.08. The number of benzene rings is 2. The molecule has 2 aliphatic rings. The molecule has 0 aromatic heterocycles. The van der Waals surface area contributed by atoms with Crippen LogP contribution < -0.4 is 4.90 Å². The lowest BCUT2D eigenvalue weighted by Gasteiger charge is -2.28. The predicted molar refractivity (Wildman–Crippen MR) is 101 cm³/mol. The van der Waals surface area contributed by atoms with E-state index in [1.54, 1.807) is 0 Å². The van der Waals surface area contributed by atoms with Crippen molar-refractivity contribution in [1.29, 1.82) is 0 Å². The van der Waals surface area contributed by atoms with Crippen molar-refractivity contribution in [2.75, 3.05) is 17.2 Å². The summed E-state index contributed by atoms with van der Waals surface area (Å²) in [4.78, 5) is 2.26. The summed E-state index contributed by atoms with van der Waals surface area (Å²) < 4.78 is 2.15. The van der Waals surface area contributed by atoms with E-state index >= 15 is 0 Å². The second kappa shape index (κ2) is 6.10. The van der Waals surface area contributed by atoms with E-state index in [0.29, 0.717) is 5.02 Å². The highest BCUT2D eigenvalue weighted by atomic mass is 35.5. The molecule has 3 nitrogen and oxygen atoms in total. The standard InChI is InChI=1S/C19H20ClN2OS/c1-14-19(23,15-8-10-16(20)11-9-15)21-12-5-13-24-18(21)22(14)17-6-3-2-4-7-17/h2-4,6-11,14,23H,5,12-13H2,1H3/q+1/t14-,19-/m0/s1. The van der Waals surface area contributed by atoms with Gasteiger partial charge in [0.1, 0.15) is 5.69 Å². The van der Waals surface area contributed by atoms with Crippen LogP contribution in [0.15, 0.2) is 54.6 Å². The number of amidine groups is 1.